The van der Waals surface area contributed by atoms with Crippen LogP contribution >= 0.6 is 11.3 Å². The molecule has 0 saturated heterocycles. The molecule has 1 aromatic heterocycles. The largest absolute Gasteiger partial charge is 0.476 e. The van der Waals surface area contributed by atoms with Gasteiger partial charge in [-0.3, -0.25) is 0 Å². The maximum Gasteiger partial charge on any atom is 0.365 e. The molecule has 1 atom stereocenters. The van der Waals surface area contributed by atoms with Crippen LogP contribution in [0.2, 0.25) is 0 Å². The average Bonchev–Trinajstić information content (AvgIpc) is 2.58. The summed E-state index contributed by atoms with van der Waals surface area (Å²) in [7, 11) is 0. The lowest BCUT2D eigenvalue weighted by Crippen LogP contribution is -2.26. The molecule has 0 aliphatic heterocycles. The predicted molar refractivity (Wildman–Crippen MR) is 64.0 cm³/mol. The number of fused-ring (bicyclic) bond motifs is 1. The van der Waals surface area contributed by atoms with Crippen LogP contribution in [0, 0.1) is 11.3 Å². The summed E-state index contributed by atoms with van der Waals surface area (Å²) in [4.78, 5) is 16.2. The molecule has 16 heavy (non-hydrogen) atoms. The minimum atomic E-state index is -0.897. The minimum absolute atomic E-state index is 0.250. The minimum Gasteiger partial charge on any atom is -0.476 e. The van der Waals surface area contributed by atoms with Gasteiger partial charge in [-0.05, 0) is 30.6 Å². The van der Waals surface area contributed by atoms with Gasteiger partial charge in [0.25, 0.3) is 0 Å². The summed E-state index contributed by atoms with van der Waals surface area (Å²) in [6.45, 7) is 6.76. The molecular formula is C12H17NO2S. The van der Waals surface area contributed by atoms with Gasteiger partial charge in [-0.2, -0.15) is 0 Å². The lowest BCUT2D eigenvalue weighted by atomic mass is 9.73. The Bertz CT molecular complexity index is 417. The summed E-state index contributed by atoms with van der Waals surface area (Å²) in [5, 5.41) is 9.16. The zero-order chi connectivity index (χ0) is 11.9. The lowest BCUT2D eigenvalue weighted by molar-refractivity contribution is 0.0696. The average molecular weight is 239 g/mol. The molecular weight excluding hydrogens is 222 g/mol. The van der Waals surface area contributed by atoms with Gasteiger partial charge in [0.05, 0.1) is 5.69 Å². The quantitative estimate of drug-likeness (QED) is 0.819. The number of aryl methyl sites for hydroxylation is 1. The SMILES string of the molecule is CC(C)(C)[C@H]1CCc2nc(C(=O)O)sc2C1. The Morgan fingerprint density at radius 1 is 1.50 bits per heavy atom. The normalized spacial score (nSPS) is 20.6. The van der Waals surface area contributed by atoms with E-state index in [0.717, 1.165) is 25.0 Å². The van der Waals surface area contributed by atoms with Crippen LogP contribution in [0.3, 0.4) is 0 Å². The van der Waals surface area contributed by atoms with Crippen molar-refractivity contribution in [2.75, 3.05) is 0 Å². The third-order valence-corrected chi connectivity index (χ3v) is 4.46. The van der Waals surface area contributed by atoms with Crippen LogP contribution in [0.25, 0.3) is 0 Å². The first-order valence-corrected chi connectivity index (χ1v) is 6.41. The van der Waals surface area contributed by atoms with E-state index in [1.165, 1.54) is 16.2 Å². The first-order valence-electron chi connectivity index (χ1n) is 5.60. The van der Waals surface area contributed by atoms with Crippen LogP contribution in [0.4, 0.5) is 0 Å². The second-order valence-corrected chi connectivity index (χ2v) is 6.58. The van der Waals surface area contributed by atoms with E-state index in [9.17, 15) is 4.79 Å². The zero-order valence-electron chi connectivity index (χ0n) is 9.91. The van der Waals surface area contributed by atoms with Gasteiger partial charge in [0.15, 0.2) is 0 Å². The van der Waals surface area contributed by atoms with E-state index in [4.69, 9.17) is 5.11 Å². The molecule has 0 unspecified atom stereocenters. The van der Waals surface area contributed by atoms with Crippen LogP contribution in [0.1, 0.15) is 47.6 Å². The Labute approximate surface area is 99.5 Å². The summed E-state index contributed by atoms with van der Waals surface area (Å²) in [6.07, 6.45) is 3.05. The topological polar surface area (TPSA) is 50.2 Å². The number of carboxylic acid groups (broad SMARTS) is 1. The predicted octanol–water partition coefficient (Wildman–Crippen LogP) is 2.99. The van der Waals surface area contributed by atoms with E-state index in [0.29, 0.717) is 11.3 Å². The standard InChI is InChI=1S/C12H17NO2S/c1-12(2,3)7-4-5-8-9(6-7)16-10(13-8)11(14)15/h7H,4-6H2,1-3H3,(H,14,15)/t7-/m0/s1. The van der Waals surface area contributed by atoms with Crippen molar-refractivity contribution in [3.05, 3.63) is 15.6 Å². The zero-order valence-corrected chi connectivity index (χ0v) is 10.7. The third kappa shape index (κ3) is 2.12. The fourth-order valence-corrected chi connectivity index (χ4v) is 3.23. The molecule has 0 radical (unpaired) electrons. The molecule has 1 aliphatic carbocycles. The molecule has 4 heteroatoms. The molecule has 1 aromatic rings. The highest BCUT2D eigenvalue weighted by Crippen LogP contribution is 2.38. The number of aromatic carboxylic acids is 1. The molecule has 88 valence electrons. The molecule has 0 spiro atoms. The van der Waals surface area contributed by atoms with Crippen molar-refractivity contribution in [3.63, 3.8) is 0 Å². The van der Waals surface area contributed by atoms with Gasteiger partial charge in [0.1, 0.15) is 0 Å². The second kappa shape index (κ2) is 3.84. The molecule has 1 aliphatic rings. The first-order chi connectivity index (χ1) is 7.38. The van der Waals surface area contributed by atoms with Crippen LogP contribution in [-0.2, 0) is 12.8 Å². The first kappa shape index (κ1) is 11.6. The van der Waals surface area contributed by atoms with Crippen molar-refractivity contribution < 1.29 is 9.90 Å². The van der Waals surface area contributed by atoms with Gasteiger partial charge in [-0.1, -0.05) is 20.8 Å². The Kier molecular flexibility index (Phi) is 2.78. The lowest BCUT2D eigenvalue weighted by Gasteiger charge is -2.33. The highest BCUT2D eigenvalue weighted by atomic mass is 32.1. The van der Waals surface area contributed by atoms with Crippen molar-refractivity contribution in [3.8, 4) is 0 Å². The molecule has 1 heterocycles. The Morgan fingerprint density at radius 2 is 2.19 bits per heavy atom. The van der Waals surface area contributed by atoms with Crippen LogP contribution in [0.5, 0.6) is 0 Å². The Morgan fingerprint density at radius 3 is 2.75 bits per heavy atom. The van der Waals surface area contributed by atoms with E-state index >= 15 is 0 Å². The van der Waals surface area contributed by atoms with E-state index < -0.39 is 5.97 Å². The van der Waals surface area contributed by atoms with Crippen LogP contribution in [-0.4, -0.2) is 16.1 Å². The van der Waals surface area contributed by atoms with Crippen LogP contribution in [0.15, 0.2) is 0 Å². The number of rotatable bonds is 1. The number of aromatic nitrogens is 1. The van der Waals surface area contributed by atoms with Crippen molar-refractivity contribution in [1.29, 1.82) is 0 Å². The van der Waals surface area contributed by atoms with E-state index in [1.807, 2.05) is 0 Å². The molecule has 0 bridgehead atoms. The number of carboxylic acids is 1. The third-order valence-electron chi connectivity index (χ3n) is 3.35. The molecule has 0 saturated carbocycles. The fraction of sp³-hybridized carbons (Fsp3) is 0.667. The van der Waals surface area contributed by atoms with Gasteiger partial charge >= 0.3 is 5.97 Å². The number of thiazole rings is 1. The maximum absolute atomic E-state index is 10.8. The highest BCUT2D eigenvalue weighted by Gasteiger charge is 2.31. The van der Waals surface area contributed by atoms with Crippen LogP contribution < -0.4 is 0 Å². The molecule has 2 rings (SSSR count). The fourth-order valence-electron chi connectivity index (χ4n) is 2.21. The smallest absolute Gasteiger partial charge is 0.365 e. The second-order valence-electron chi connectivity index (χ2n) is 5.50. The van der Waals surface area contributed by atoms with Crippen molar-refractivity contribution in [2.45, 2.75) is 40.0 Å². The van der Waals surface area contributed by atoms with Gasteiger partial charge in [-0.15, -0.1) is 11.3 Å². The summed E-state index contributed by atoms with van der Waals surface area (Å²) in [6, 6.07) is 0. The van der Waals surface area contributed by atoms with Gasteiger partial charge in [0, 0.05) is 4.88 Å². The number of carbonyl (C=O) groups is 1. The maximum atomic E-state index is 10.8. The van der Waals surface area contributed by atoms with Crippen molar-refractivity contribution in [1.82, 2.24) is 4.98 Å². The monoisotopic (exact) mass is 239 g/mol. The van der Waals surface area contributed by atoms with E-state index in [2.05, 4.69) is 25.8 Å². The van der Waals surface area contributed by atoms with Gasteiger partial charge in [-0.25, -0.2) is 9.78 Å². The summed E-state index contributed by atoms with van der Waals surface area (Å²) in [5.41, 5.74) is 1.31. The molecule has 0 amide bonds. The Hall–Kier alpha value is -0.900. The molecule has 3 nitrogen and oxygen atoms in total. The van der Waals surface area contributed by atoms with Gasteiger partial charge < -0.3 is 5.11 Å². The van der Waals surface area contributed by atoms with E-state index in [1.54, 1.807) is 0 Å². The summed E-state index contributed by atoms with van der Waals surface area (Å²) in [5.74, 6) is -0.256. The number of hydrogen-bond acceptors (Lipinski definition) is 3. The summed E-state index contributed by atoms with van der Waals surface area (Å²) >= 11 is 1.35. The molecule has 1 N–H and O–H groups in total. The summed E-state index contributed by atoms with van der Waals surface area (Å²) < 4.78 is 0. The van der Waals surface area contributed by atoms with Gasteiger partial charge in [0.2, 0.25) is 5.01 Å². The van der Waals surface area contributed by atoms with Crippen molar-refractivity contribution in [2.24, 2.45) is 11.3 Å². The highest BCUT2D eigenvalue weighted by molar-refractivity contribution is 7.13. The van der Waals surface area contributed by atoms with E-state index in [-0.39, 0.29) is 5.01 Å². The van der Waals surface area contributed by atoms with Crippen molar-refractivity contribution >= 4 is 17.3 Å². The molecule has 0 aromatic carbocycles. The number of nitrogens with zero attached hydrogens (tertiary/aromatic N) is 1. The number of hydrogen-bond donors (Lipinski definition) is 1. The Balaban J connectivity index is 2.24. The molecule has 0 fully saturated rings.